The molecule has 1 heterocycles. The lowest BCUT2D eigenvalue weighted by Gasteiger charge is -2.15. The van der Waals surface area contributed by atoms with Crippen LogP contribution in [0.4, 0.5) is 0 Å². The molecule has 2 rings (SSSR count). The van der Waals surface area contributed by atoms with E-state index in [2.05, 4.69) is 4.98 Å². The summed E-state index contributed by atoms with van der Waals surface area (Å²) < 4.78 is 16.0. The van der Waals surface area contributed by atoms with Crippen molar-refractivity contribution in [3.8, 4) is 17.4 Å². The molecule has 0 amide bonds. The highest BCUT2D eigenvalue weighted by Gasteiger charge is 2.24. The zero-order valence-corrected chi connectivity index (χ0v) is 15.3. The molecule has 7 heteroatoms. The second-order valence-corrected chi connectivity index (χ2v) is 5.67. The maximum atomic E-state index is 13.0. The number of halogens is 2. The zero-order valence-electron chi connectivity index (χ0n) is 13.8. The standard InChI is InChI=1S/C17H17Cl2NO4/c1-5-24-13-7-10(9(2)6-12(13)22-3)16(21)14-15(19)11(18)8-20-17(14)23-4/h6-8H,5H2,1-4H3. The Morgan fingerprint density at radius 3 is 2.46 bits per heavy atom. The van der Waals surface area contributed by atoms with Crippen molar-refractivity contribution in [3.05, 3.63) is 45.1 Å². The van der Waals surface area contributed by atoms with Crippen LogP contribution in [0.5, 0.6) is 17.4 Å². The lowest BCUT2D eigenvalue weighted by Crippen LogP contribution is -2.09. The number of methoxy groups -OCH3 is 2. The SMILES string of the molecule is CCOc1cc(C(=O)c2c(OC)ncc(Cl)c2Cl)c(C)cc1OC. The maximum absolute atomic E-state index is 13.0. The number of aromatic nitrogens is 1. The van der Waals surface area contributed by atoms with Gasteiger partial charge < -0.3 is 14.2 Å². The minimum absolute atomic E-state index is 0.0988. The summed E-state index contributed by atoms with van der Waals surface area (Å²) in [7, 11) is 2.95. The van der Waals surface area contributed by atoms with Gasteiger partial charge in [0.05, 0.1) is 37.1 Å². The van der Waals surface area contributed by atoms with Gasteiger partial charge in [0.15, 0.2) is 17.3 Å². The first-order chi connectivity index (χ1) is 11.4. The fourth-order valence-corrected chi connectivity index (χ4v) is 2.63. The van der Waals surface area contributed by atoms with Gasteiger partial charge in [-0.15, -0.1) is 0 Å². The summed E-state index contributed by atoms with van der Waals surface area (Å²) in [6.07, 6.45) is 1.34. The molecule has 128 valence electrons. The van der Waals surface area contributed by atoms with E-state index in [1.54, 1.807) is 26.2 Å². The molecule has 1 aromatic heterocycles. The molecule has 0 unspecified atom stereocenters. The van der Waals surface area contributed by atoms with E-state index >= 15 is 0 Å². The summed E-state index contributed by atoms with van der Waals surface area (Å²) in [4.78, 5) is 17.0. The molecule has 1 aromatic carbocycles. The summed E-state index contributed by atoms with van der Waals surface area (Å²) in [6.45, 7) is 4.08. The Hall–Kier alpha value is -1.98. The van der Waals surface area contributed by atoms with E-state index in [1.165, 1.54) is 13.3 Å². The largest absolute Gasteiger partial charge is 0.493 e. The number of carbonyl (C=O) groups excluding carboxylic acids is 1. The topological polar surface area (TPSA) is 57.7 Å². The van der Waals surface area contributed by atoms with Crippen LogP contribution in [0, 0.1) is 6.92 Å². The van der Waals surface area contributed by atoms with Gasteiger partial charge in [-0.25, -0.2) is 4.98 Å². The molecule has 24 heavy (non-hydrogen) atoms. The van der Waals surface area contributed by atoms with Crippen molar-refractivity contribution in [2.45, 2.75) is 13.8 Å². The zero-order chi connectivity index (χ0) is 17.9. The highest BCUT2D eigenvalue weighted by Crippen LogP contribution is 2.36. The fourth-order valence-electron chi connectivity index (χ4n) is 2.27. The number of nitrogens with zero attached hydrogens (tertiary/aromatic N) is 1. The normalized spacial score (nSPS) is 10.4. The Kier molecular flexibility index (Phi) is 5.91. The molecule has 5 nitrogen and oxygen atoms in total. The number of carbonyl (C=O) groups is 1. The molecule has 0 aliphatic heterocycles. The van der Waals surface area contributed by atoms with Gasteiger partial charge in [0.1, 0.15) is 5.56 Å². The number of rotatable bonds is 6. The summed E-state index contributed by atoms with van der Waals surface area (Å²) >= 11 is 12.2. The van der Waals surface area contributed by atoms with Crippen LogP contribution >= 0.6 is 23.2 Å². The summed E-state index contributed by atoms with van der Waals surface area (Å²) in [5, 5.41) is 0.277. The van der Waals surface area contributed by atoms with Gasteiger partial charge in [-0.1, -0.05) is 23.2 Å². The first-order valence-corrected chi connectivity index (χ1v) is 7.94. The number of benzene rings is 1. The molecule has 2 aromatic rings. The summed E-state index contributed by atoms with van der Waals surface area (Å²) in [5.41, 5.74) is 1.23. The third-order valence-electron chi connectivity index (χ3n) is 3.41. The molecule has 0 spiro atoms. The Morgan fingerprint density at radius 1 is 1.17 bits per heavy atom. The first-order valence-electron chi connectivity index (χ1n) is 7.18. The van der Waals surface area contributed by atoms with Crippen LogP contribution in [0.1, 0.15) is 28.4 Å². The Morgan fingerprint density at radius 2 is 1.88 bits per heavy atom. The third-order valence-corrected chi connectivity index (χ3v) is 4.19. The second kappa shape index (κ2) is 7.73. The Bertz CT molecular complexity index is 778. The lowest BCUT2D eigenvalue weighted by atomic mass is 9.99. The van der Waals surface area contributed by atoms with Crippen molar-refractivity contribution in [2.75, 3.05) is 20.8 Å². The highest BCUT2D eigenvalue weighted by molar-refractivity contribution is 6.44. The van der Waals surface area contributed by atoms with Crippen LogP contribution in [0.15, 0.2) is 18.3 Å². The van der Waals surface area contributed by atoms with Gasteiger partial charge in [-0.3, -0.25) is 4.79 Å². The van der Waals surface area contributed by atoms with Crippen molar-refractivity contribution in [1.82, 2.24) is 4.98 Å². The number of pyridine rings is 1. The Labute approximate surface area is 150 Å². The molecule has 0 radical (unpaired) electrons. The smallest absolute Gasteiger partial charge is 0.226 e. The Balaban J connectivity index is 2.62. The van der Waals surface area contributed by atoms with Crippen molar-refractivity contribution in [2.24, 2.45) is 0 Å². The van der Waals surface area contributed by atoms with E-state index in [0.29, 0.717) is 29.2 Å². The number of ketones is 1. The van der Waals surface area contributed by atoms with Crippen LogP contribution in [0.2, 0.25) is 10.0 Å². The van der Waals surface area contributed by atoms with E-state index < -0.39 is 0 Å². The van der Waals surface area contributed by atoms with Gasteiger partial charge in [0.2, 0.25) is 5.88 Å². The molecule has 0 saturated carbocycles. The molecular weight excluding hydrogens is 353 g/mol. The summed E-state index contributed by atoms with van der Waals surface area (Å²) in [5.74, 6) is 0.780. The quantitative estimate of drug-likeness (QED) is 0.708. The van der Waals surface area contributed by atoms with E-state index in [4.69, 9.17) is 37.4 Å². The van der Waals surface area contributed by atoms with Gasteiger partial charge in [-0.2, -0.15) is 0 Å². The molecule has 0 aliphatic carbocycles. The minimum Gasteiger partial charge on any atom is -0.493 e. The van der Waals surface area contributed by atoms with Crippen LogP contribution < -0.4 is 14.2 Å². The van der Waals surface area contributed by atoms with Crippen LogP contribution in [-0.2, 0) is 0 Å². The van der Waals surface area contributed by atoms with Gasteiger partial charge in [-0.05, 0) is 31.5 Å². The average Bonchev–Trinajstić information content (AvgIpc) is 2.57. The van der Waals surface area contributed by atoms with Crippen LogP contribution in [-0.4, -0.2) is 31.6 Å². The van der Waals surface area contributed by atoms with E-state index in [9.17, 15) is 4.79 Å². The number of aryl methyl sites for hydroxylation is 1. The van der Waals surface area contributed by atoms with E-state index in [-0.39, 0.29) is 27.3 Å². The first kappa shape index (κ1) is 18.4. The van der Waals surface area contributed by atoms with Crippen LogP contribution in [0.25, 0.3) is 0 Å². The molecule has 0 bridgehead atoms. The fraction of sp³-hybridized carbons (Fsp3) is 0.294. The van der Waals surface area contributed by atoms with Crippen molar-refractivity contribution < 1.29 is 19.0 Å². The minimum atomic E-state index is -0.354. The van der Waals surface area contributed by atoms with E-state index in [1.807, 2.05) is 6.92 Å². The molecule has 0 saturated heterocycles. The number of ether oxygens (including phenoxy) is 3. The second-order valence-electron chi connectivity index (χ2n) is 4.88. The number of hydrogen-bond donors (Lipinski definition) is 0. The monoisotopic (exact) mass is 369 g/mol. The highest BCUT2D eigenvalue weighted by atomic mass is 35.5. The predicted molar refractivity (Wildman–Crippen MR) is 93.1 cm³/mol. The van der Waals surface area contributed by atoms with Crippen molar-refractivity contribution in [3.63, 3.8) is 0 Å². The molecule has 0 fully saturated rings. The van der Waals surface area contributed by atoms with Gasteiger partial charge in [0.25, 0.3) is 0 Å². The average molecular weight is 370 g/mol. The molecule has 0 aliphatic rings. The molecular formula is C17H17Cl2NO4. The van der Waals surface area contributed by atoms with Gasteiger partial charge >= 0.3 is 0 Å². The van der Waals surface area contributed by atoms with E-state index in [0.717, 1.165) is 0 Å². The summed E-state index contributed by atoms with van der Waals surface area (Å²) in [6, 6.07) is 3.35. The van der Waals surface area contributed by atoms with Crippen molar-refractivity contribution in [1.29, 1.82) is 0 Å². The predicted octanol–water partition coefficient (Wildman–Crippen LogP) is 4.34. The third kappa shape index (κ3) is 3.42. The maximum Gasteiger partial charge on any atom is 0.226 e. The van der Waals surface area contributed by atoms with Crippen LogP contribution in [0.3, 0.4) is 0 Å². The molecule has 0 atom stereocenters. The lowest BCUT2D eigenvalue weighted by molar-refractivity contribution is 0.103. The number of hydrogen-bond acceptors (Lipinski definition) is 5. The van der Waals surface area contributed by atoms with Gasteiger partial charge in [0, 0.05) is 5.56 Å². The van der Waals surface area contributed by atoms with Crippen molar-refractivity contribution >= 4 is 29.0 Å². The molecule has 0 N–H and O–H groups in total.